The molecule has 1 amide bonds. The summed E-state index contributed by atoms with van der Waals surface area (Å²) in [7, 11) is 0. The van der Waals surface area contributed by atoms with Gasteiger partial charge in [0.05, 0.1) is 11.1 Å². The number of hydrogen-bond acceptors (Lipinski definition) is 4. The molecule has 2 aromatic rings. The van der Waals surface area contributed by atoms with E-state index in [0.29, 0.717) is 11.3 Å². The number of alkyl halides is 3. The molecule has 144 valence electrons. The summed E-state index contributed by atoms with van der Waals surface area (Å²) in [5.41, 5.74) is 0.204. The molecule has 0 radical (unpaired) electrons. The third-order valence-electron chi connectivity index (χ3n) is 3.62. The molecule has 5 nitrogen and oxygen atoms in total. The van der Waals surface area contributed by atoms with Crippen LogP contribution >= 0.6 is 11.6 Å². The van der Waals surface area contributed by atoms with Gasteiger partial charge >= 0.3 is 12.1 Å². The fourth-order valence-electron chi connectivity index (χ4n) is 2.33. The van der Waals surface area contributed by atoms with Crippen LogP contribution < -0.4 is 5.32 Å². The average molecular weight is 401 g/mol. The van der Waals surface area contributed by atoms with Gasteiger partial charge in [-0.25, -0.2) is 9.78 Å². The van der Waals surface area contributed by atoms with E-state index in [4.69, 9.17) is 16.3 Å². The summed E-state index contributed by atoms with van der Waals surface area (Å²) in [5, 5.41) is 2.23. The maximum Gasteiger partial charge on any atom is 0.416 e. The van der Waals surface area contributed by atoms with E-state index >= 15 is 0 Å². The van der Waals surface area contributed by atoms with Crippen molar-refractivity contribution in [3.05, 3.63) is 57.9 Å². The van der Waals surface area contributed by atoms with Gasteiger partial charge in [0, 0.05) is 11.4 Å². The standard InChI is InChI=1S/C18H16ClF3N2O3/c1-9-7-10(2)23-15(19)14(9)17(26)27-11(3)16(25)24-13-6-4-5-12(8-13)18(20,21)22/h4-8,11H,1-3H3,(H,24,25)/t11-/m0/s1. The molecule has 27 heavy (non-hydrogen) atoms. The Balaban J connectivity index is 2.09. The molecule has 9 heteroatoms. The lowest BCUT2D eigenvalue weighted by atomic mass is 10.1. The summed E-state index contributed by atoms with van der Waals surface area (Å²) >= 11 is 5.96. The number of esters is 1. The molecule has 1 heterocycles. The zero-order valence-corrected chi connectivity index (χ0v) is 15.4. The second-order valence-electron chi connectivity index (χ2n) is 5.86. The van der Waals surface area contributed by atoms with Gasteiger partial charge in [-0.15, -0.1) is 0 Å². The predicted octanol–water partition coefficient (Wildman–Crippen LogP) is 4.55. The molecule has 0 fully saturated rings. The minimum absolute atomic E-state index is 0.0287. The number of amides is 1. The number of aromatic nitrogens is 1. The molecule has 0 bridgehead atoms. The molecule has 0 unspecified atom stereocenters. The number of pyridine rings is 1. The lowest BCUT2D eigenvalue weighted by Gasteiger charge is -2.16. The monoisotopic (exact) mass is 400 g/mol. The van der Waals surface area contributed by atoms with E-state index in [0.717, 1.165) is 18.2 Å². The summed E-state index contributed by atoms with van der Waals surface area (Å²) in [5.74, 6) is -1.63. The molecule has 0 aliphatic carbocycles. The number of nitrogens with one attached hydrogen (secondary N) is 1. The molecule has 2 rings (SSSR count). The number of anilines is 1. The fraction of sp³-hybridized carbons (Fsp3) is 0.278. The number of hydrogen-bond donors (Lipinski definition) is 1. The molecular formula is C18H16ClF3N2O3. The number of carbonyl (C=O) groups is 2. The summed E-state index contributed by atoms with van der Waals surface area (Å²) in [6.45, 7) is 4.65. The number of nitrogens with zero attached hydrogens (tertiary/aromatic N) is 1. The highest BCUT2D eigenvalue weighted by molar-refractivity contribution is 6.32. The van der Waals surface area contributed by atoms with Crippen LogP contribution in [0.15, 0.2) is 30.3 Å². The molecule has 1 N–H and O–H groups in total. The third kappa shape index (κ3) is 5.19. The van der Waals surface area contributed by atoms with Gasteiger partial charge in [0.2, 0.25) is 0 Å². The van der Waals surface area contributed by atoms with E-state index in [-0.39, 0.29) is 16.4 Å². The second-order valence-corrected chi connectivity index (χ2v) is 6.22. The van der Waals surface area contributed by atoms with Crippen molar-refractivity contribution in [1.29, 1.82) is 0 Å². The highest BCUT2D eigenvalue weighted by Crippen LogP contribution is 2.30. The number of aryl methyl sites for hydroxylation is 2. The van der Waals surface area contributed by atoms with Crippen molar-refractivity contribution >= 4 is 29.2 Å². The molecule has 1 aromatic heterocycles. The molecular weight excluding hydrogens is 385 g/mol. The first-order valence-corrected chi connectivity index (χ1v) is 8.19. The smallest absolute Gasteiger partial charge is 0.416 e. The van der Waals surface area contributed by atoms with Crippen molar-refractivity contribution in [2.24, 2.45) is 0 Å². The van der Waals surface area contributed by atoms with Crippen LogP contribution in [-0.2, 0) is 15.7 Å². The van der Waals surface area contributed by atoms with E-state index in [1.807, 2.05) is 0 Å². The number of ether oxygens (including phenoxy) is 1. The van der Waals surface area contributed by atoms with Gasteiger partial charge in [-0.3, -0.25) is 4.79 Å². The van der Waals surface area contributed by atoms with Crippen LogP contribution in [0.5, 0.6) is 0 Å². The Kier molecular flexibility index (Phi) is 6.10. The van der Waals surface area contributed by atoms with Gasteiger partial charge < -0.3 is 10.1 Å². The highest BCUT2D eigenvalue weighted by atomic mass is 35.5. The molecule has 0 saturated carbocycles. The Hall–Kier alpha value is -2.61. The molecule has 1 aromatic carbocycles. The largest absolute Gasteiger partial charge is 0.449 e. The maximum absolute atomic E-state index is 12.7. The Morgan fingerprint density at radius 3 is 2.48 bits per heavy atom. The van der Waals surface area contributed by atoms with Crippen LogP contribution in [0, 0.1) is 13.8 Å². The van der Waals surface area contributed by atoms with Gasteiger partial charge in [0.1, 0.15) is 5.15 Å². The highest BCUT2D eigenvalue weighted by Gasteiger charge is 2.31. The number of halogens is 4. The quantitative estimate of drug-likeness (QED) is 0.603. The summed E-state index contributed by atoms with van der Waals surface area (Å²) < 4.78 is 43.3. The van der Waals surface area contributed by atoms with Crippen molar-refractivity contribution in [3.63, 3.8) is 0 Å². The fourth-order valence-corrected chi connectivity index (χ4v) is 2.69. The zero-order chi connectivity index (χ0) is 20.4. The Morgan fingerprint density at radius 2 is 1.89 bits per heavy atom. The van der Waals surface area contributed by atoms with Crippen molar-refractivity contribution in [2.75, 3.05) is 5.32 Å². The molecule has 1 atom stereocenters. The summed E-state index contributed by atoms with van der Waals surface area (Å²) in [6.07, 6.45) is -5.80. The van der Waals surface area contributed by atoms with E-state index in [1.165, 1.54) is 13.0 Å². The lowest BCUT2D eigenvalue weighted by molar-refractivity contribution is -0.137. The van der Waals surface area contributed by atoms with Gasteiger partial charge in [0.25, 0.3) is 5.91 Å². The SMILES string of the molecule is Cc1cc(C)c(C(=O)O[C@@H](C)C(=O)Nc2cccc(C(F)(F)F)c2)c(Cl)n1. The number of rotatable bonds is 4. The summed E-state index contributed by atoms with van der Waals surface area (Å²) in [4.78, 5) is 28.4. The van der Waals surface area contributed by atoms with Gasteiger partial charge in [-0.1, -0.05) is 17.7 Å². The average Bonchev–Trinajstić information content (AvgIpc) is 2.53. The van der Waals surface area contributed by atoms with E-state index in [2.05, 4.69) is 10.3 Å². The van der Waals surface area contributed by atoms with Crippen LogP contribution in [0.2, 0.25) is 5.15 Å². The van der Waals surface area contributed by atoms with Gasteiger partial charge in [-0.2, -0.15) is 13.2 Å². The molecule has 0 spiro atoms. The topological polar surface area (TPSA) is 68.3 Å². The van der Waals surface area contributed by atoms with Crippen molar-refractivity contribution in [1.82, 2.24) is 4.98 Å². The minimum Gasteiger partial charge on any atom is -0.449 e. The third-order valence-corrected chi connectivity index (χ3v) is 3.89. The first-order valence-electron chi connectivity index (χ1n) is 7.82. The van der Waals surface area contributed by atoms with Crippen LogP contribution in [0.3, 0.4) is 0 Å². The van der Waals surface area contributed by atoms with Crippen LogP contribution in [0.25, 0.3) is 0 Å². The lowest BCUT2D eigenvalue weighted by Crippen LogP contribution is -2.30. The number of carbonyl (C=O) groups excluding carboxylic acids is 2. The Bertz CT molecular complexity index is 861. The van der Waals surface area contributed by atoms with Crippen LogP contribution in [-0.4, -0.2) is 23.0 Å². The molecule has 0 aliphatic heterocycles. The Morgan fingerprint density at radius 1 is 1.22 bits per heavy atom. The minimum atomic E-state index is -4.54. The number of benzene rings is 1. The van der Waals surface area contributed by atoms with Gasteiger partial charge in [-0.05, 0) is 50.6 Å². The Labute approximate surface area is 158 Å². The second kappa shape index (κ2) is 7.96. The zero-order valence-electron chi connectivity index (χ0n) is 14.6. The van der Waals surface area contributed by atoms with E-state index in [1.54, 1.807) is 19.9 Å². The van der Waals surface area contributed by atoms with Crippen LogP contribution in [0.1, 0.15) is 34.1 Å². The van der Waals surface area contributed by atoms with Crippen molar-refractivity contribution in [2.45, 2.75) is 33.1 Å². The van der Waals surface area contributed by atoms with E-state index in [9.17, 15) is 22.8 Å². The van der Waals surface area contributed by atoms with Crippen molar-refractivity contribution < 1.29 is 27.5 Å². The molecule has 0 saturated heterocycles. The molecule has 0 aliphatic rings. The van der Waals surface area contributed by atoms with E-state index < -0.39 is 29.7 Å². The normalized spacial score (nSPS) is 12.4. The van der Waals surface area contributed by atoms with Crippen molar-refractivity contribution in [3.8, 4) is 0 Å². The maximum atomic E-state index is 12.7. The summed E-state index contributed by atoms with van der Waals surface area (Å²) in [6, 6.07) is 5.77. The predicted molar refractivity (Wildman–Crippen MR) is 93.7 cm³/mol. The van der Waals surface area contributed by atoms with Crippen LogP contribution in [0.4, 0.5) is 18.9 Å². The first-order chi connectivity index (χ1) is 12.5. The van der Waals surface area contributed by atoms with Gasteiger partial charge in [0.15, 0.2) is 6.10 Å². The first kappa shape index (κ1) is 20.7.